The van der Waals surface area contributed by atoms with E-state index in [1.165, 1.54) is 28.8 Å². The van der Waals surface area contributed by atoms with Crippen molar-refractivity contribution in [2.24, 2.45) is 4.99 Å². The average molecular weight is 430 g/mol. The Morgan fingerprint density at radius 1 is 1.06 bits per heavy atom. The van der Waals surface area contributed by atoms with Crippen LogP contribution in [-0.4, -0.2) is 16.5 Å². The maximum absolute atomic E-state index is 13.7. The molecule has 1 aliphatic rings. The standard InChI is InChI=1S/C26H28FN5/c1-5-20-11-10-19(14-21(20)6-2)12-13-28-26-29-16-24-17(3)32(18(4)30-25(24)31-26)23-9-7-8-22(27)15-23/h7-11,14-16H,4-6,12-13H2,1-3H3,(H,28,30,31). The smallest absolute Gasteiger partial charge is 0.224 e. The van der Waals surface area contributed by atoms with Gasteiger partial charge in [-0.15, -0.1) is 0 Å². The molecule has 164 valence electrons. The van der Waals surface area contributed by atoms with Crippen molar-refractivity contribution in [3.63, 3.8) is 0 Å². The Kier molecular flexibility index (Phi) is 6.30. The fourth-order valence-corrected chi connectivity index (χ4v) is 4.07. The Morgan fingerprint density at radius 2 is 1.88 bits per heavy atom. The molecule has 0 aliphatic carbocycles. The molecule has 3 aromatic rings. The molecule has 6 heteroatoms. The molecule has 0 fully saturated rings. The molecule has 0 saturated heterocycles. The molecule has 1 aliphatic heterocycles. The van der Waals surface area contributed by atoms with E-state index >= 15 is 0 Å². The molecule has 32 heavy (non-hydrogen) atoms. The molecule has 2 aromatic carbocycles. The molecular weight excluding hydrogens is 401 g/mol. The summed E-state index contributed by atoms with van der Waals surface area (Å²) in [4.78, 5) is 15.4. The molecular formula is C26H28FN5. The summed E-state index contributed by atoms with van der Waals surface area (Å²) in [6.07, 6.45) is 4.76. The summed E-state index contributed by atoms with van der Waals surface area (Å²) in [7, 11) is 0. The number of nitrogens with zero attached hydrogens (tertiary/aromatic N) is 4. The van der Waals surface area contributed by atoms with Crippen molar-refractivity contribution in [2.45, 2.75) is 40.0 Å². The van der Waals surface area contributed by atoms with Gasteiger partial charge in [0, 0.05) is 18.4 Å². The van der Waals surface area contributed by atoms with E-state index < -0.39 is 0 Å². The van der Waals surface area contributed by atoms with Crippen molar-refractivity contribution in [3.8, 4) is 0 Å². The van der Waals surface area contributed by atoms with Gasteiger partial charge in [0.2, 0.25) is 5.95 Å². The minimum Gasteiger partial charge on any atom is -0.354 e. The lowest BCUT2D eigenvalue weighted by Gasteiger charge is -2.27. The largest absolute Gasteiger partial charge is 0.354 e. The van der Waals surface area contributed by atoms with Crippen LogP contribution in [0.1, 0.15) is 37.5 Å². The zero-order chi connectivity index (χ0) is 22.7. The quantitative estimate of drug-likeness (QED) is 0.614. The molecule has 4 rings (SSSR count). The summed E-state index contributed by atoms with van der Waals surface area (Å²) < 4.78 is 13.7. The van der Waals surface area contributed by atoms with Crippen molar-refractivity contribution in [3.05, 3.63) is 94.3 Å². The molecule has 0 bridgehead atoms. The third kappa shape index (κ3) is 4.40. The zero-order valence-corrected chi connectivity index (χ0v) is 18.8. The Morgan fingerprint density at radius 3 is 2.62 bits per heavy atom. The van der Waals surface area contributed by atoms with E-state index in [9.17, 15) is 4.39 Å². The van der Waals surface area contributed by atoms with Crippen molar-refractivity contribution in [1.29, 1.82) is 0 Å². The number of rotatable bonds is 7. The van der Waals surface area contributed by atoms with Crippen molar-refractivity contribution in [1.82, 2.24) is 9.97 Å². The van der Waals surface area contributed by atoms with Crippen LogP contribution >= 0.6 is 0 Å². The van der Waals surface area contributed by atoms with Gasteiger partial charge in [0.05, 0.1) is 10.9 Å². The Bertz CT molecular complexity index is 1280. The highest BCUT2D eigenvalue weighted by Crippen LogP contribution is 2.25. The number of hydrogen-bond acceptors (Lipinski definition) is 5. The zero-order valence-electron chi connectivity index (χ0n) is 18.8. The SMILES string of the molecule is C=C1N=c2nc(NCCc3ccc(CC)c(CC)c3)ncc2=C(C)N1c1cccc(F)c1. The maximum atomic E-state index is 13.7. The van der Waals surface area contributed by atoms with Gasteiger partial charge >= 0.3 is 0 Å². The van der Waals surface area contributed by atoms with Crippen LogP contribution in [0.4, 0.5) is 16.0 Å². The lowest BCUT2D eigenvalue weighted by Crippen LogP contribution is -2.41. The van der Waals surface area contributed by atoms with E-state index in [2.05, 4.69) is 58.9 Å². The first kappa shape index (κ1) is 21.7. The lowest BCUT2D eigenvalue weighted by molar-refractivity contribution is 0.628. The first-order valence-electron chi connectivity index (χ1n) is 11.0. The van der Waals surface area contributed by atoms with Gasteiger partial charge in [-0.05, 0) is 61.1 Å². The molecule has 0 spiro atoms. The number of hydrogen-bond donors (Lipinski definition) is 1. The van der Waals surface area contributed by atoms with E-state index in [0.29, 0.717) is 22.9 Å². The topological polar surface area (TPSA) is 53.4 Å². The van der Waals surface area contributed by atoms with Gasteiger partial charge in [-0.25, -0.2) is 14.4 Å². The van der Waals surface area contributed by atoms with Crippen LogP contribution in [0.2, 0.25) is 0 Å². The van der Waals surface area contributed by atoms with E-state index in [1.54, 1.807) is 12.3 Å². The minimum absolute atomic E-state index is 0.305. The first-order chi connectivity index (χ1) is 15.5. The monoisotopic (exact) mass is 429 g/mol. The normalized spacial score (nSPS) is 13.1. The second-order valence-electron chi connectivity index (χ2n) is 7.85. The Hall–Kier alpha value is -3.54. The van der Waals surface area contributed by atoms with Crippen molar-refractivity contribution < 1.29 is 4.39 Å². The molecule has 0 amide bonds. The molecule has 0 unspecified atom stereocenters. The molecule has 1 aromatic heterocycles. The number of halogens is 1. The highest BCUT2D eigenvalue weighted by atomic mass is 19.1. The number of aromatic nitrogens is 2. The minimum atomic E-state index is -0.305. The van der Waals surface area contributed by atoms with Crippen molar-refractivity contribution >= 4 is 17.3 Å². The Labute approximate surface area is 188 Å². The number of anilines is 2. The van der Waals surface area contributed by atoms with E-state index in [1.807, 2.05) is 17.9 Å². The van der Waals surface area contributed by atoms with E-state index in [-0.39, 0.29) is 5.82 Å². The summed E-state index contributed by atoms with van der Waals surface area (Å²) in [6, 6.07) is 13.1. The highest BCUT2D eigenvalue weighted by molar-refractivity contribution is 5.72. The predicted molar refractivity (Wildman–Crippen MR) is 127 cm³/mol. The number of benzene rings is 2. The summed E-state index contributed by atoms with van der Waals surface area (Å²) in [5, 5.41) is 4.11. The average Bonchev–Trinajstić information content (AvgIpc) is 2.79. The fourth-order valence-electron chi connectivity index (χ4n) is 4.07. The predicted octanol–water partition coefficient (Wildman–Crippen LogP) is 4.13. The van der Waals surface area contributed by atoms with Gasteiger partial charge in [-0.2, -0.15) is 4.98 Å². The van der Waals surface area contributed by atoms with Crippen LogP contribution in [-0.2, 0) is 19.3 Å². The third-order valence-corrected chi connectivity index (χ3v) is 5.78. The van der Waals surface area contributed by atoms with Gasteiger partial charge < -0.3 is 5.32 Å². The van der Waals surface area contributed by atoms with E-state index in [0.717, 1.165) is 36.7 Å². The molecule has 2 heterocycles. The van der Waals surface area contributed by atoms with Gasteiger partial charge in [-0.1, -0.05) is 44.7 Å². The summed E-state index contributed by atoms with van der Waals surface area (Å²) >= 11 is 0. The first-order valence-corrected chi connectivity index (χ1v) is 11.0. The van der Waals surface area contributed by atoms with Crippen LogP contribution in [0.5, 0.6) is 0 Å². The van der Waals surface area contributed by atoms with Crippen LogP contribution < -0.4 is 20.9 Å². The maximum Gasteiger partial charge on any atom is 0.224 e. The van der Waals surface area contributed by atoms with E-state index in [4.69, 9.17) is 0 Å². The molecule has 0 atom stereocenters. The van der Waals surface area contributed by atoms with Crippen LogP contribution in [0.25, 0.3) is 5.70 Å². The fraction of sp³-hybridized carbons (Fsp3) is 0.269. The molecule has 0 saturated carbocycles. The summed E-state index contributed by atoms with van der Waals surface area (Å²) in [5.74, 6) is 0.724. The highest BCUT2D eigenvalue weighted by Gasteiger charge is 2.18. The second kappa shape index (κ2) is 9.30. The van der Waals surface area contributed by atoms with Gasteiger partial charge in [0.1, 0.15) is 11.6 Å². The summed E-state index contributed by atoms with van der Waals surface area (Å²) in [6.45, 7) is 11.1. The van der Waals surface area contributed by atoms with Crippen LogP contribution in [0, 0.1) is 5.82 Å². The number of aryl methyl sites for hydroxylation is 2. The van der Waals surface area contributed by atoms with Crippen LogP contribution in [0.15, 0.2) is 66.1 Å². The molecule has 1 N–H and O–H groups in total. The summed E-state index contributed by atoms with van der Waals surface area (Å²) in [5.41, 5.74) is 6.24. The van der Waals surface area contributed by atoms with Gasteiger partial charge in [-0.3, -0.25) is 4.90 Å². The molecule has 5 nitrogen and oxygen atoms in total. The molecule has 0 radical (unpaired) electrons. The van der Waals surface area contributed by atoms with Crippen LogP contribution in [0.3, 0.4) is 0 Å². The van der Waals surface area contributed by atoms with Gasteiger partial charge in [0.25, 0.3) is 0 Å². The van der Waals surface area contributed by atoms with Gasteiger partial charge in [0.15, 0.2) is 5.49 Å². The Balaban J connectivity index is 1.52. The second-order valence-corrected chi connectivity index (χ2v) is 7.85. The lowest BCUT2D eigenvalue weighted by atomic mass is 9.99. The number of nitrogens with one attached hydrogen (secondary N) is 1. The third-order valence-electron chi connectivity index (χ3n) is 5.78. The number of fused-ring (bicyclic) bond motifs is 1. The van der Waals surface area contributed by atoms with Crippen molar-refractivity contribution in [2.75, 3.05) is 16.8 Å².